The molecule has 0 bridgehead atoms. The molecule has 1 aromatic carbocycles. The summed E-state index contributed by atoms with van der Waals surface area (Å²) in [6, 6.07) is 7.42. The molecule has 7 heteroatoms. The van der Waals surface area contributed by atoms with Crippen molar-refractivity contribution in [2.75, 3.05) is 0 Å². The van der Waals surface area contributed by atoms with Crippen molar-refractivity contribution in [1.29, 1.82) is 0 Å². The van der Waals surface area contributed by atoms with E-state index in [1.165, 1.54) is 22.2 Å². The lowest BCUT2D eigenvalue weighted by Gasteiger charge is -2.18. The van der Waals surface area contributed by atoms with E-state index >= 15 is 0 Å². The van der Waals surface area contributed by atoms with Crippen molar-refractivity contribution in [3.05, 3.63) is 57.2 Å². The van der Waals surface area contributed by atoms with Crippen LogP contribution >= 0.6 is 23.1 Å². The highest BCUT2D eigenvalue weighted by atomic mass is 32.2. The van der Waals surface area contributed by atoms with Crippen LogP contribution < -0.4 is 5.56 Å². The smallest absolute Gasteiger partial charge is 0.258 e. The Morgan fingerprint density at radius 3 is 3.11 bits per heavy atom. The SMILES string of the molecule is C[C@@H]1CCc2c(sc3ncnc(SCc4nc5ccccc5c(=O)[nH]4)c23)C1. The maximum atomic E-state index is 12.3. The second-order valence-corrected chi connectivity index (χ2v) is 9.08. The molecule has 1 aliphatic carbocycles. The van der Waals surface area contributed by atoms with Gasteiger partial charge in [-0.15, -0.1) is 11.3 Å². The number of aryl methyl sites for hydroxylation is 1. The topological polar surface area (TPSA) is 71.5 Å². The first-order chi connectivity index (χ1) is 13.2. The van der Waals surface area contributed by atoms with Gasteiger partial charge in [0.2, 0.25) is 0 Å². The minimum absolute atomic E-state index is 0.0917. The fraction of sp³-hybridized carbons (Fsp3) is 0.300. The molecule has 5 nitrogen and oxygen atoms in total. The van der Waals surface area contributed by atoms with E-state index in [0.29, 0.717) is 17.0 Å². The second-order valence-electron chi connectivity index (χ2n) is 7.03. The first-order valence-corrected chi connectivity index (χ1v) is 10.8. The molecular weight excluding hydrogens is 376 g/mol. The lowest BCUT2D eigenvalue weighted by molar-refractivity contribution is 0.509. The van der Waals surface area contributed by atoms with Crippen molar-refractivity contribution >= 4 is 44.2 Å². The lowest BCUT2D eigenvalue weighted by Crippen LogP contribution is -2.11. The number of rotatable bonds is 3. The van der Waals surface area contributed by atoms with Crippen molar-refractivity contribution in [3.63, 3.8) is 0 Å². The van der Waals surface area contributed by atoms with Crippen LogP contribution in [0, 0.1) is 5.92 Å². The van der Waals surface area contributed by atoms with E-state index in [1.807, 2.05) is 18.2 Å². The van der Waals surface area contributed by atoms with Crippen LogP contribution in [0.25, 0.3) is 21.1 Å². The van der Waals surface area contributed by atoms with Gasteiger partial charge in [0.05, 0.1) is 16.7 Å². The Hall–Kier alpha value is -2.25. The molecule has 136 valence electrons. The molecule has 0 amide bonds. The number of aromatic nitrogens is 4. The predicted molar refractivity (Wildman–Crippen MR) is 111 cm³/mol. The molecule has 5 rings (SSSR count). The molecule has 0 unspecified atom stereocenters. The fourth-order valence-electron chi connectivity index (χ4n) is 3.70. The molecule has 4 aromatic rings. The molecular formula is C20H18N4OS2. The highest BCUT2D eigenvalue weighted by Crippen LogP contribution is 2.40. The van der Waals surface area contributed by atoms with Gasteiger partial charge in [-0.1, -0.05) is 30.8 Å². The van der Waals surface area contributed by atoms with Crippen LogP contribution in [0.5, 0.6) is 0 Å². The second kappa shape index (κ2) is 6.73. The van der Waals surface area contributed by atoms with Crippen molar-refractivity contribution in [2.24, 2.45) is 5.92 Å². The summed E-state index contributed by atoms with van der Waals surface area (Å²) in [6.45, 7) is 2.32. The summed E-state index contributed by atoms with van der Waals surface area (Å²) >= 11 is 3.43. The summed E-state index contributed by atoms with van der Waals surface area (Å²) < 4.78 is 0. The molecule has 1 atom stereocenters. The van der Waals surface area contributed by atoms with Crippen LogP contribution in [-0.4, -0.2) is 19.9 Å². The van der Waals surface area contributed by atoms with Crippen LogP contribution in [0.15, 0.2) is 40.4 Å². The van der Waals surface area contributed by atoms with Gasteiger partial charge >= 0.3 is 0 Å². The summed E-state index contributed by atoms with van der Waals surface area (Å²) in [4.78, 5) is 31.4. The molecule has 0 saturated carbocycles. The Balaban J connectivity index is 1.50. The third-order valence-corrected chi connectivity index (χ3v) is 7.23. The molecule has 0 saturated heterocycles. The number of hydrogen-bond acceptors (Lipinski definition) is 6. The molecule has 0 fully saturated rings. The van der Waals surface area contributed by atoms with Crippen LogP contribution in [0.2, 0.25) is 0 Å². The highest BCUT2D eigenvalue weighted by molar-refractivity contribution is 7.98. The number of nitrogens with one attached hydrogen (secondary N) is 1. The van der Waals surface area contributed by atoms with Gasteiger partial charge in [-0.25, -0.2) is 15.0 Å². The van der Waals surface area contributed by atoms with E-state index < -0.39 is 0 Å². The maximum absolute atomic E-state index is 12.3. The van der Waals surface area contributed by atoms with E-state index in [1.54, 1.807) is 35.5 Å². The largest absolute Gasteiger partial charge is 0.309 e. The molecule has 0 aliphatic heterocycles. The minimum atomic E-state index is -0.0917. The minimum Gasteiger partial charge on any atom is -0.309 e. The average Bonchev–Trinajstić information content (AvgIpc) is 3.04. The monoisotopic (exact) mass is 394 g/mol. The van der Waals surface area contributed by atoms with Crippen molar-refractivity contribution in [3.8, 4) is 0 Å². The van der Waals surface area contributed by atoms with Crippen LogP contribution in [0.1, 0.15) is 29.6 Å². The van der Waals surface area contributed by atoms with Gasteiger partial charge < -0.3 is 4.98 Å². The Morgan fingerprint density at radius 2 is 2.19 bits per heavy atom. The average molecular weight is 395 g/mol. The van der Waals surface area contributed by atoms with Crippen molar-refractivity contribution < 1.29 is 0 Å². The predicted octanol–water partition coefficient (Wildman–Crippen LogP) is 4.34. The van der Waals surface area contributed by atoms with Gasteiger partial charge in [-0.2, -0.15) is 0 Å². The normalized spacial score (nSPS) is 16.7. The summed E-state index contributed by atoms with van der Waals surface area (Å²) in [6.07, 6.45) is 5.10. The Bertz CT molecular complexity index is 1210. The number of H-pyrrole nitrogens is 1. The van der Waals surface area contributed by atoms with Crippen LogP contribution in [0.3, 0.4) is 0 Å². The molecule has 27 heavy (non-hydrogen) atoms. The highest BCUT2D eigenvalue weighted by Gasteiger charge is 2.23. The van der Waals surface area contributed by atoms with E-state index in [0.717, 1.165) is 34.1 Å². The van der Waals surface area contributed by atoms with Gasteiger partial charge in [-0.3, -0.25) is 4.79 Å². The standard InChI is InChI=1S/C20H18N4OS2/c1-11-6-7-13-15(8-11)27-20-17(13)19(21-10-22-20)26-9-16-23-14-5-3-2-4-12(14)18(25)24-16/h2-5,10-11H,6-9H2,1H3,(H,23,24,25)/t11-/m1/s1. The van der Waals surface area contributed by atoms with Gasteiger partial charge in [-0.05, 0) is 42.9 Å². The third kappa shape index (κ3) is 3.04. The van der Waals surface area contributed by atoms with E-state index in [-0.39, 0.29) is 5.56 Å². The number of benzene rings is 1. The van der Waals surface area contributed by atoms with Gasteiger partial charge in [0.25, 0.3) is 5.56 Å². The summed E-state index contributed by atoms with van der Waals surface area (Å²) in [5, 5.41) is 2.82. The van der Waals surface area contributed by atoms with E-state index in [4.69, 9.17) is 0 Å². The number of thioether (sulfide) groups is 1. The number of thiophene rings is 1. The summed E-state index contributed by atoms with van der Waals surface area (Å²) in [7, 11) is 0. The Kier molecular flexibility index (Phi) is 4.21. The third-order valence-electron chi connectivity index (χ3n) is 5.06. The van der Waals surface area contributed by atoms with Crippen LogP contribution in [0.4, 0.5) is 0 Å². The van der Waals surface area contributed by atoms with E-state index in [2.05, 4.69) is 26.9 Å². The molecule has 0 spiro atoms. The van der Waals surface area contributed by atoms with Crippen molar-refractivity contribution in [2.45, 2.75) is 37.0 Å². The van der Waals surface area contributed by atoms with Crippen LogP contribution in [-0.2, 0) is 18.6 Å². The number of aromatic amines is 1. The zero-order valence-electron chi connectivity index (χ0n) is 14.9. The fourth-order valence-corrected chi connectivity index (χ4v) is 6.01. The molecule has 3 aromatic heterocycles. The van der Waals surface area contributed by atoms with E-state index in [9.17, 15) is 4.79 Å². The zero-order valence-corrected chi connectivity index (χ0v) is 16.5. The van der Waals surface area contributed by atoms with Crippen molar-refractivity contribution in [1.82, 2.24) is 19.9 Å². The molecule has 1 N–H and O–H groups in total. The molecule has 1 aliphatic rings. The Morgan fingerprint density at radius 1 is 1.30 bits per heavy atom. The quantitative estimate of drug-likeness (QED) is 0.413. The lowest BCUT2D eigenvalue weighted by atomic mass is 9.89. The molecule has 3 heterocycles. The molecule has 0 radical (unpaired) electrons. The first kappa shape index (κ1) is 16.9. The summed E-state index contributed by atoms with van der Waals surface area (Å²) in [5.74, 6) is 1.99. The maximum Gasteiger partial charge on any atom is 0.258 e. The van der Waals surface area contributed by atoms with Gasteiger partial charge in [0, 0.05) is 10.3 Å². The number of para-hydroxylation sites is 1. The summed E-state index contributed by atoms with van der Waals surface area (Å²) in [5.41, 5.74) is 2.06. The Labute approximate surface area is 164 Å². The first-order valence-electron chi connectivity index (χ1n) is 9.05. The number of nitrogens with zero attached hydrogens (tertiary/aromatic N) is 3. The zero-order chi connectivity index (χ0) is 18.4. The number of hydrogen-bond donors (Lipinski definition) is 1. The van der Waals surface area contributed by atoms with Gasteiger partial charge in [0.1, 0.15) is 22.0 Å². The van der Waals surface area contributed by atoms with Gasteiger partial charge in [0.15, 0.2) is 0 Å². The number of fused-ring (bicyclic) bond motifs is 4.